The zero-order valence-electron chi connectivity index (χ0n) is 9.24. The summed E-state index contributed by atoms with van der Waals surface area (Å²) in [6.07, 6.45) is 2.03. The summed E-state index contributed by atoms with van der Waals surface area (Å²) < 4.78 is 0. The van der Waals surface area contributed by atoms with E-state index in [4.69, 9.17) is 16.7 Å². The van der Waals surface area contributed by atoms with Crippen molar-refractivity contribution in [1.82, 2.24) is 0 Å². The van der Waals surface area contributed by atoms with Crippen molar-refractivity contribution in [2.75, 3.05) is 18.5 Å². The number of nitrogens with one attached hydrogen (secondary N) is 1. The lowest BCUT2D eigenvalue weighted by Gasteiger charge is -2.15. The maximum absolute atomic E-state index is 10.7. The molecule has 1 aromatic rings. The van der Waals surface area contributed by atoms with Crippen LogP contribution >= 0.6 is 11.6 Å². The summed E-state index contributed by atoms with van der Waals surface area (Å²) in [5.41, 5.74) is 0.870. The van der Waals surface area contributed by atoms with Crippen LogP contribution in [0.1, 0.15) is 23.2 Å². The maximum atomic E-state index is 10.7. The summed E-state index contributed by atoms with van der Waals surface area (Å²) >= 11 is 5.98. The summed E-state index contributed by atoms with van der Waals surface area (Å²) in [4.78, 5) is 10.7. The summed E-state index contributed by atoms with van der Waals surface area (Å²) in [6, 6.07) is 4.58. The Kier molecular flexibility index (Phi) is 3.26. The first kappa shape index (κ1) is 12.2. The van der Waals surface area contributed by atoms with E-state index in [2.05, 4.69) is 5.32 Å². The Morgan fingerprint density at radius 2 is 2.18 bits per heavy atom. The van der Waals surface area contributed by atoms with E-state index in [0.29, 0.717) is 17.3 Å². The third-order valence-electron chi connectivity index (χ3n) is 3.16. The molecule has 3 N–H and O–H groups in total. The number of hydrogen-bond donors (Lipinski definition) is 3. The number of aliphatic hydroxyl groups excluding tert-OH is 1. The second-order valence-electron chi connectivity index (χ2n) is 4.51. The number of anilines is 1. The molecule has 2 rings (SSSR count). The maximum Gasteiger partial charge on any atom is 0.335 e. The fraction of sp³-hybridized carbons (Fsp3) is 0.417. The highest BCUT2D eigenvalue weighted by atomic mass is 35.5. The van der Waals surface area contributed by atoms with Crippen LogP contribution in [0.25, 0.3) is 0 Å². The Morgan fingerprint density at radius 3 is 2.65 bits per heavy atom. The molecule has 92 valence electrons. The van der Waals surface area contributed by atoms with Crippen LogP contribution in [0.2, 0.25) is 5.02 Å². The van der Waals surface area contributed by atoms with Crippen LogP contribution in [0.5, 0.6) is 0 Å². The first-order chi connectivity index (χ1) is 8.06. The van der Waals surface area contributed by atoms with Crippen molar-refractivity contribution in [2.45, 2.75) is 12.8 Å². The highest BCUT2D eigenvalue weighted by Crippen LogP contribution is 2.45. The molecule has 0 saturated heterocycles. The van der Waals surface area contributed by atoms with Gasteiger partial charge in [-0.25, -0.2) is 4.79 Å². The van der Waals surface area contributed by atoms with Gasteiger partial charge >= 0.3 is 5.97 Å². The zero-order valence-corrected chi connectivity index (χ0v) is 10.00. The van der Waals surface area contributed by atoms with Crippen molar-refractivity contribution in [3.63, 3.8) is 0 Å². The van der Waals surface area contributed by atoms with Gasteiger partial charge in [0.25, 0.3) is 0 Å². The van der Waals surface area contributed by atoms with Gasteiger partial charge in [0, 0.05) is 12.0 Å². The van der Waals surface area contributed by atoms with Crippen molar-refractivity contribution in [1.29, 1.82) is 0 Å². The van der Waals surface area contributed by atoms with E-state index in [9.17, 15) is 9.90 Å². The van der Waals surface area contributed by atoms with Gasteiger partial charge in [-0.3, -0.25) is 0 Å². The number of hydrogen-bond acceptors (Lipinski definition) is 3. The number of benzene rings is 1. The van der Waals surface area contributed by atoms with Crippen LogP contribution < -0.4 is 5.32 Å². The molecule has 5 heteroatoms. The number of aromatic carboxylic acids is 1. The molecule has 17 heavy (non-hydrogen) atoms. The topological polar surface area (TPSA) is 69.6 Å². The summed E-state index contributed by atoms with van der Waals surface area (Å²) in [6.45, 7) is 0.834. The van der Waals surface area contributed by atoms with E-state index in [1.165, 1.54) is 12.1 Å². The van der Waals surface area contributed by atoms with Gasteiger partial charge in [-0.2, -0.15) is 0 Å². The number of carboxylic acid groups (broad SMARTS) is 1. The zero-order chi connectivity index (χ0) is 12.5. The molecule has 4 nitrogen and oxygen atoms in total. The van der Waals surface area contributed by atoms with Gasteiger partial charge in [0.05, 0.1) is 22.9 Å². The first-order valence-electron chi connectivity index (χ1n) is 5.44. The first-order valence-corrected chi connectivity index (χ1v) is 5.82. The lowest BCUT2D eigenvalue weighted by Crippen LogP contribution is -2.19. The smallest absolute Gasteiger partial charge is 0.335 e. The molecule has 1 saturated carbocycles. The number of carbonyl (C=O) groups is 1. The third-order valence-corrected chi connectivity index (χ3v) is 3.48. The second kappa shape index (κ2) is 4.55. The molecule has 1 aliphatic carbocycles. The minimum atomic E-state index is -0.993. The summed E-state index contributed by atoms with van der Waals surface area (Å²) in [5, 5.41) is 21.5. The van der Waals surface area contributed by atoms with Crippen LogP contribution in [0.4, 0.5) is 5.69 Å². The molecule has 0 heterocycles. The molecular formula is C12H14ClNO3. The number of carboxylic acids is 1. The van der Waals surface area contributed by atoms with E-state index in [0.717, 1.165) is 12.8 Å². The fourth-order valence-corrected chi connectivity index (χ4v) is 1.89. The molecule has 0 radical (unpaired) electrons. The lowest BCUT2D eigenvalue weighted by atomic mass is 10.1. The SMILES string of the molecule is O=C(O)c1ccc(NCC2(CO)CC2)c(Cl)c1. The largest absolute Gasteiger partial charge is 0.478 e. The molecule has 1 aliphatic rings. The van der Waals surface area contributed by atoms with Gasteiger partial charge in [0.1, 0.15) is 0 Å². The second-order valence-corrected chi connectivity index (χ2v) is 4.92. The van der Waals surface area contributed by atoms with Gasteiger partial charge in [0.15, 0.2) is 0 Å². The molecule has 0 aromatic heterocycles. The fourth-order valence-electron chi connectivity index (χ4n) is 1.64. The molecule has 0 amide bonds. The van der Waals surface area contributed by atoms with E-state index in [1.54, 1.807) is 6.07 Å². The molecule has 1 fully saturated rings. The summed E-state index contributed by atoms with van der Waals surface area (Å²) in [5.74, 6) is -0.993. The average Bonchev–Trinajstić information content (AvgIpc) is 3.08. The van der Waals surface area contributed by atoms with Crippen molar-refractivity contribution in [3.8, 4) is 0 Å². The minimum Gasteiger partial charge on any atom is -0.478 e. The van der Waals surface area contributed by atoms with E-state index in [-0.39, 0.29) is 17.6 Å². The average molecular weight is 256 g/mol. The van der Waals surface area contributed by atoms with Gasteiger partial charge < -0.3 is 15.5 Å². The van der Waals surface area contributed by atoms with Crippen molar-refractivity contribution in [2.24, 2.45) is 5.41 Å². The normalized spacial score (nSPS) is 16.6. The number of aliphatic hydroxyl groups is 1. The monoisotopic (exact) mass is 255 g/mol. The highest BCUT2D eigenvalue weighted by Gasteiger charge is 2.41. The molecule has 0 spiro atoms. The van der Waals surface area contributed by atoms with E-state index in [1.807, 2.05) is 0 Å². The van der Waals surface area contributed by atoms with Gasteiger partial charge in [-0.1, -0.05) is 11.6 Å². The van der Waals surface area contributed by atoms with Crippen LogP contribution in [0.3, 0.4) is 0 Å². The minimum absolute atomic E-state index is 0.00516. The van der Waals surface area contributed by atoms with Crippen molar-refractivity contribution >= 4 is 23.3 Å². The number of rotatable bonds is 5. The predicted molar refractivity (Wildman–Crippen MR) is 65.7 cm³/mol. The Labute approximate surface area is 104 Å². The summed E-state index contributed by atoms with van der Waals surface area (Å²) in [7, 11) is 0. The molecule has 0 unspecified atom stereocenters. The van der Waals surface area contributed by atoms with Crippen LogP contribution in [0.15, 0.2) is 18.2 Å². The van der Waals surface area contributed by atoms with Crippen LogP contribution in [-0.2, 0) is 0 Å². The molecule has 0 aliphatic heterocycles. The lowest BCUT2D eigenvalue weighted by molar-refractivity contribution is 0.0697. The van der Waals surface area contributed by atoms with Gasteiger partial charge in [0.2, 0.25) is 0 Å². The van der Waals surface area contributed by atoms with Crippen LogP contribution in [-0.4, -0.2) is 29.3 Å². The van der Waals surface area contributed by atoms with Gasteiger partial charge in [-0.15, -0.1) is 0 Å². The van der Waals surface area contributed by atoms with Crippen molar-refractivity contribution < 1.29 is 15.0 Å². The quantitative estimate of drug-likeness (QED) is 0.755. The number of halogens is 1. The van der Waals surface area contributed by atoms with Crippen LogP contribution in [0, 0.1) is 5.41 Å². The molecular weight excluding hydrogens is 242 g/mol. The Balaban J connectivity index is 2.04. The van der Waals surface area contributed by atoms with E-state index < -0.39 is 5.97 Å². The Bertz CT molecular complexity index is 443. The Morgan fingerprint density at radius 1 is 1.47 bits per heavy atom. The highest BCUT2D eigenvalue weighted by molar-refractivity contribution is 6.33. The third kappa shape index (κ3) is 2.70. The van der Waals surface area contributed by atoms with E-state index >= 15 is 0 Å². The standard InChI is InChI=1S/C12H14ClNO3/c13-9-5-8(11(16)17)1-2-10(9)14-6-12(7-15)3-4-12/h1-2,5,14-15H,3-4,6-7H2,(H,16,17). The molecule has 1 aromatic carbocycles. The Hall–Kier alpha value is -1.26. The molecule has 0 atom stereocenters. The molecule has 0 bridgehead atoms. The van der Waals surface area contributed by atoms with Crippen molar-refractivity contribution in [3.05, 3.63) is 28.8 Å². The van der Waals surface area contributed by atoms with Gasteiger partial charge in [-0.05, 0) is 31.0 Å². The predicted octanol–water partition coefficient (Wildman–Crippen LogP) is 2.22.